The highest BCUT2D eigenvalue weighted by Gasteiger charge is 2.40. The predicted molar refractivity (Wildman–Crippen MR) is 59.4 cm³/mol. The van der Waals surface area contributed by atoms with Gasteiger partial charge in [0.1, 0.15) is 0 Å². The number of nitrogens with two attached hydrogens (primary N) is 1. The molecular weight excluding hydrogens is 190 g/mol. The van der Waals surface area contributed by atoms with Crippen molar-refractivity contribution in [2.45, 2.75) is 31.3 Å². The van der Waals surface area contributed by atoms with Crippen LogP contribution in [0.5, 0.6) is 0 Å². The molecule has 0 bridgehead atoms. The molecule has 1 saturated carbocycles. The Balaban J connectivity index is 1.99. The van der Waals surface area contributed by atoms with Gasteiger partial charge in [-0.3, -0.25) is 9.69 Å². The first kappa shape index (κ1) is 10.9. The van der Waals surface area contributed by atoms with Crippen molar-refractivity contribution in [3.05, 3.63) is 0 Å². The maximum Gasteiger partial charge on any atom is 0.239 e. The van der Waals surface area contributed by atoms with Gasteiger partial charge in [-0.05, 0) is 32.2 Å². The van der Waals surface area contributed by atoms with Gasteiger partial charge in [-0.15, -0.1) is 0 Å². The largest absolute Gasteiger partial charge is 0.344 e. The van der Waals surface area contributed by atoms with E-state index in [2.05, 4.69) is 11.9 Å². The second-order valence-electron chi connectivity index (χ2n) is 4.87. The van der Waals surface area contributed by atoms with E-state index in [9.17, 15) is 4.79 Å². The van der Waals surface area contributed by atoms with Crippen LogP contribution in [0.3, 0.4) is 0 Å². The fraction of sp³-hybridized carbons (Fsp3) is 0.909. The smallest absolute Gasteiger partial charge is 0.239 e. The van der Waals surface area contributed by atoms with E-state index in [1.165, 1.54) is 12.8 Å². The molecule has 2 fully saturated rings. The Hall–Kier alpha value is -0.610. The SMILES string of the molecule is CN1CCC(N(C)C(CN)C2CC2)C1=O. The molecule has 0 aromatic rings. The molecule has 2 N–H and O–H groups in total. The molecule has 15 heavy (non-hydrogen) atoms. The van der Waals surface area contributed by atoms with Gasteiger partial charge in [-0.2, -0.15) is 0 Å². The summed E-state index contributed by atoms with van der Waals surface area (Å²) in [6.45, 7) is 1.56. The summed E-state index contributed by atoms with van der Waals surface area (Å²) in [4.78, 5) is 15.9. The second-order valence-corrected chi connectivity index (χ2v) is 4.87. The van der Waals surface area contributed by atoms with Gasteiger partial charge in [0.05, 0.1) is 6.04 Å². The summed E-state index contributed by atoms with van der Waals surface area (Å²) >= 11 is 0. The molecule has 0 spiro atoms. The van der Waals surface area contributed by atoms with Gasteiger partial charge < -0.3 is 10.6 Å². The van der Waals surface area contributed by atoms with Crippen molar-refractivity contribution in [2.24, 2.45) is 11.7 Å². The van der Waals surface area contributed by atoms with Crippen LogP contribution < -0.4 is 5.73 Å². The lowest BCUT2D eigenvalue weighted by atomic mass is 10.1. The summed E-state index contributed by atoms with van der Waals surface area (Å²) in [7, 11) is 3.93. The molecule has 1 aliphatic carbocycles. The molecule has 2 atom stereocenters. The number of carbonyl (C=O) groups excluding carboxylic acids is 1. The van der Waals surface area contributed by atoms with Crippen LogP contribution in [-0.4, -0.2) is 55.0 Å². The Morgan fingerprint density at radius 3 is 2.60 bits per heavy atom. The van der Waals surface area contributed by atoms with Crippen molar-refractivity contribution in [1.29, 1.82) is 0 Å². The van der Waals surface area contributed by atoms with Crippen LogP contribution in [-0.2, 0) is 4.79 Å². The van der Waals surface area contributed by atoms with Gasteiger partial charge in [0.2, 0.25) is 5.91 Å². The number of carbonyl (C=O) groups is 1. The van der Waals surface area contributed by atoms with Crippen molar-refractivity contribution in [1.82, 2.24) is 9.80 Å². The van der Waals surface area contributed by atoms with E-state index in [-0.39, 0.29) is 11.9 Å². The molecule has 0 radical (unpaired) electrons. The highest BCUT2D eigenvalue weighted by molar-refractivity contribution is 5.83. The minimum Gasteiger partial charge on any atom is -0.344 e. The average Bonchev–Trinajstić information content (AvgIpc) is 2.98. The quantitative estimate of drug-likeness (QED) is 0.705. The number of nitrogens with zero attached hydrogens (tertiary/aromatic N) is 2. The molecule has 4 heteroatoms. The third-order valence-electron chi connectivity index (χ3n) is 3.82. The number of hydrogen-bond acceptors (Lipinski definition) is 3. The van der Waals surface area contributed by atoms with Crippen LogP contribution in [0.4, 0.5) is 0 Å². The third kappa shape index (κ3) is 2.01. The molecule has 1 aliphatic heterocycles. The Labute approximate surface area is 91.4 Å². The minimum absolute atomic E-state index is 0.0733. The van der Waals surface area contributed by atoms with Gasteiger partial charge >= 0.3 is 0 Å². The Kier molecular flexibility index (Phi) is 2.98. The molecule has 2 unspecified atom stereocenters. The number of likely N-dealkylation sites (tertiary alicyclic amines) is 1. The molecule has 1 saturated heterocycles. The lowest BCUT2D eigenvalue weighted by molar-refractivity contribution is -0.131. The molecule has 0 aromatic carbocycles. The zero-order chi connectivity index (χ0) is 11.0. The van der Waals surface area contributed by atoms with Crippen molar-refractivity contribution in [3.63, 3.8) is 0 Å². The van der Waals surface area contributed by atoms with Crippen molar-refractivity contribution < 1.29 is 4.79 Å². The van der Waals surface area contributed by atoms with E-state index in [4.69, 9.17) is 5.73 Å². The van der Waals surface area contributed by atoms with E-state index < -0.39 is 0 Å². The minimum atomic E-state index is 0.0733. The highest BCUT2D eigenvalue weighted by Crippen LogP contribution is 2.36. The molecule has 1 amide bonds. The van der Waals surface area contributed by atoms with Crippen LogP contribution in [0.1, 0.15) is 19.3 Å². The fourth-order valence-corrected chi connectivity index (χ4v) is 2.59. The van der Waals surface area contributed by atoms with E-state index >= 15 is 0 Å². The van der Waals surface area contributed by atoms with Gasteiger partial charge in [-0.1, -0.05) is 0 Å². The maximum atomic E-state index is 11.9. The van der Waals surface area contributed by atoms with Crippen molar-refractivity contribution in [2.75, 3.05) is 27.2 Å². The van der Waals surface area contributed by atoms with E-state index in [0.29, 0.717) is 12.6 Å². The van der Waals surface area contributed by atoms with Gasteiger partial charge in [0.15, 0.2) is 0 Å². The molecular formula is C11H21N3O. The summed E-state index contributed by atoms with van der Waals surface area (Å²) in [5.41, 5.74) is 5.80. The van der Waals surface area contributed by atoms with Crippen LogP contribution in [0.15, 0.2) is 0 Å². The molecule has 0 aromatic heterocycles. The zero-order valence-corrected chi connectivity index (χ0v) is 9.65. The van der Waals surface area contributed by atoms with Gasteiger partial charge in [0.25, 0.3) is 0 Å². The second kappa shape index (κ2) is 4.10. The highest BCUT2D eigenvalue weighted by atomic mass is 16.2. The summed E-state index contributed by atoms with van der Waals surface area (Å²) in [6, 6.07) is 0.481. The van der Waals surface area contributed by atoms with Gasteiger partial charge in [0, 0.05) is 26.2 Å². The average molecular weight is 211 g/mol. The van der Waals surface area contributed by atoms with Gasteiger partial charge in [-0.25, -0.2) is 0 Å². The molecule has 86 valence electrons. The summed E-state index contributed by atoms with van der Waals surface area (Å²) < 4.78 is 0. The first-order valence-corrected chi connectivity index (χ1v) is 5.82. The number of likely N-dealkylation sites (N-methyl/N-ethyl adjacent to an activating group) is 2. The lowest BCUT2D eigenvalue weighted by Gasteiger charge is -2.31. The molecule has 2 rings (SSSR count). The molecule has 1 heterocycles. The normalized spacial score (nSPS) is 28.9. The van der Waals surface area contributed by atoms with E-state index in [0.717, 1.165) is 18.9 Å². The zero-order valence-electron chi connectivity index (χ0n) is 9.65. The standard InChI is InChI=1S/C11H21N3O/c1-13-6-5-9(11(13)15)14(2)10(7-12)8-3-4-8/h8-10H,3-7,12H2,1-2H3. The monoisotopic (exact) mass is 211 g/mol. The number of rotatable bonds is 4. The molecule has 2 aliphatic rings. The van der Waals surface area contributed by atoms with E-state index in [1.54, 1.807) is 0 Å². The summed E-state index contributed by atoms with van der Waals surface area (Å²) in [5.74, 6) is 0.996. The van der Waals surface area contributed by atoms with Crippen LogP contribution in [0, 0.1) is 5.92 Å². The number of amides is 1. The number of hydrogen-bond donors (Lipinski definition) is 1. The summed E-state index contributed by atoms with van der Waals surface area (Å²) in [6.07, 6.45) is 3.51. The Morgan fingerprint density at radius 1 is 1.53 bits per heavy atom. The first-order valence-electron chi connectivity index (χ1n) is 5.82. The maximum absolute atomic E-state index is 11.9. The Morgan fingerprint density at radius 2 is 2.20 bits per heavy atom. The summed E-state index contributed by atoms with van der Waals surface area (Å²) in [5, 5.41) is 0. The lowest BCUT2D eigenvalue weighted by Crippen LogP contribution is -2.48. The van der Waals surface area contributed by atoms with Crippen molar-refractivity contribution in [3.8, 4) is 0 Å². The van der Waals surface area contributed by atoms with Crippen LogP contribution in [0.25, 0.3) is 0 Å². The van der Waals surface area contributed by atoms with E-state index in [1.807, 2.05) is 11.9 Å². The fourth-order valence-electron chi connectivity index (χ4n) is 2.59. The van der Waals surface area contributed by atoms with Crippen LogP contribution >= 0.6 is 0 Å². The molecule has 4 nitrogen and oxygen atoms in total. The van der Waals surface area contributed by atoms with Crippen LogP contribution in [0.2, 0.25) is 0 Å². The Bertz CT molecular complexity index is 252. The predicted octanol–water partition coefficient (Wildman–Crippen LogP) is -0.114. The topological polar surface area (TPSA) is 49.6 Å². The first-order chi connectivity index (χ1) is 7.15. The third-order valence-corrected chi connectivity index (χ3v) is 3.82. The van der Waals surface area contributed by atoms with Crippen molar-refractivity contribution >= 4 is 5.91 Å².